The lowest BCUT2D eigenvalue weighted by molar-refractivity contribution is 0.569. The fraction of sp³-hybridized carbons (Fsp3) is 0.700. The van der Waals surface area contributed by atoms with E-state index in [9.17, 15) is 8.42 Å². The van der Waals surface area contributed by atoms with Crippen molar-refractivity contribution in [3.8, 4) is 0 Å². The second-order valence-electron chi connectivity index (χ2n) is 3.93. The van der Waals surface area contributed by atoms with Gasteiger partial charge in [0.15, 0.2) is 5.03 Å². The van der Waals surface area contributed by atoms with Crippen LogP contribution >= 0.6 is 0 Å². The highest BCUT2D eigenvalue weighted by Gasteiger charge is 2.15. The third kappa shape index (κ3) is 4.84. The molecule has 0 spiro atoms. The quantitative estimate of drug-likeness (QED) is 0.593. The van der Waals surface area contributed by atoms with E-state index in [1.54, 1.807) is 6.92 Å². The zero-order valence-electron chi connectivity index (χ0n) is 10.1. The summed E-state index contributed by atoms with van der Waals surface area (Å²) in [6.45, 7) is 2.86. The average Bonchev–Trinajstić information content (AvgIpc) is 2.71. The van der Waals surface area contributed by atoms with Gasteiger partial charge in [-0.2, -0.15) is 0 Å². The van der Waals surface area contributed by atoms with Crippen molar-refractivity contribution in [2.75, 3.05) is 13.1 Å². The van der Waals surface area contributed by atoms with Gasteiger partial charge in [0, 0.05) is 6.54 Å². The van der Waals surface area contributed by atoms with Crippen molar-refractivity contribution in [2.24, 2.45) is 5.73 Å². The van der Waals surface area contributed by atoms with Crippen molar-refractivity contribution in [3.05, 3.63) is 12.0 Å². The fourth-order valence-corrected chi connectivity index (χ4v) is 2.48. The minimum absolute atomic E-state index is 0.122. The van der Waals surface area contributed by atoms with E-state index in [2.05, 4.69) is 14.7 Å². The van der Waals surface area contributed by atoms with Gasteiger partial charge in [-0.3, -0.25) is 0 Å². The van der Waals surface area contributed by atoms with E-state index in [1.807, 2.05) is 0 Å². The normalized spacial score (nSPS) is 11.9. The highest BCUT2D eigenvalue weighted by Crippen LogP contribution is 2.05. The maximum absolute atomic E-state index is 11.7. The molecule has 0 amide bonds. The smallest absolute Gasteiger partial charge is 0.257 e. The molecule has 0 bridgehead atoms. The molecule has 0 atom stereocenters. The van der Waals surface area contributed by atoms with Crippen LogP contribution in [0.4, 0.5) is 0 Å². The number of hydrogen-bond donors (Lipinski definition) is 3. The molecular formula is C10H20N4O2S. The van der Waals surface area contributed by atoms with Crippen LogP contribution in [0.5, 0.6) is 0 Å². The van der Waals surface area contributed by atoms with Crippen LogP contribution in [0.15, 0.2) is 11.2 Å². The Morgan fingerprint density at radius 1 is 1.35 bits per heavy atom. The second-order valence-corrected chi connectivity index (χ2v) is 5.67. The first-order chi connectivity index (χ1) is 8.06. The van der Waals surface area contributed by atoms with E-state index in [4.69, 9.17) is 5.73 Å². The predicted molar refractivity (Wildman–Crippen MR) is 66.0 cm³/mol. The zero-order valence-corrected chi connectivity index (χ0v) is 10.9. The summed E-state index contributed by atoms with van der Waals surface area (Å²) in [4.78, 5) is 6.56. The van der Waals surface area contributed by atoms with E-state index in [0.717, 1.165) is 25.7 Å². The number of rotatable bonds is 8. The summed E-state index contributed by atoms with van der Waals surface area (Å²) in [5, 5.41) is 0.122. The number of imidazole rings is 1. The van der Waals surface area contributed by atoms with Gasteiger partial charge in [-0.15, -0.1) is 0 Å². The number of aromatic amines is 1. The summed E-state index contributed by atoms with van der Waals surface area (Å²) in [6, 6.07) is 0. The molecule has 4 N–H and O–H groups in total. The van der Waals surface area contributed by atoms with Crippen LogP contribution in [0, 0.1) is 6.92 Å². The molecule has 1 aromatic heterocycles. The van der Waals surface area contributed by atoms with Crippen LogP contribution in [-0.4, -0.2) is 31.5 Å². The lowest BCUT2D eigenvalue weighted by Gasteiger charge is -2.04. The van der Waals surface area contributed by atoms with E-state index in [-0.39, 0.29) is 5.03 Å². The SMILES string of the molecule is Cc1ncc(S(=O)(=O)NCCCCCCN)[nH]1. The molecular weight excluding hydrogens is 240 g/mol. The molecule has 0 fully saturated rings. The molecule has 6 nitrogen and oxygen atoms in total. The Labute approximate surface area is 102 Å². The largest absolute Gasteiger partial charge is 0.332 e. The maximum atomic E-state index is 11.7. The van der Waals surface area contributed by atoms with Crippen molar-refractivity contribution in [2.45, 2.75) is 37.6 Å². The molecule has 17 heavy (non-hydrogen) atoms. The Morgan fingerprint density at radius 3 is 2.65 bits per heavy atom. The number of nitrogens with two attached hydrogens (primary N) is 1. The summed E-state index contributed by atoms with van der Waals surface area (Å²) >= 11 is 0. The minimum atomic E-state index is -3.42. The molecule has 98 valence electrons. The Morgan fingerprint density at radius 2 is 2.06 bits per heavy atom. The Hall–Kier alpha value is -0.920. The van der Waals surface area contributed by atoms with Gasteiger partial charge in [-0.25, -0.2) is 18.1 Å². The van der Waals surface area contributed by atoms with Crippen LogP contribution < -0.4 is 10.5 Å². The van der Waals surface area contributed by atoms with Crippen LogP contribution in [0.3, 0.4) is 0 Å². The number of nitrogens with one attached hydrogen (secondary N) is 2. The number of hydrogen-bond acceptors (Lipinski definition) is 4. The van der Waals surface area contributed by atoms with Crippen LogP contribution in [0.2, 0.25) is 0 Å². The third-order valence-electron chi connectivity index (χ3n) is 2.39. The fourth-order valence-electron chi connectivity index (χ4n) is 1.44. The number of aromatic nitrogens is 2. The van der Waals surface area contributed by atoms with Crippen LogP contribution in [0.25, 0.3) is 0 Å². The first kappa shape index (κ1) is 14.1. The van der Waals surface area contributed by atoms with Crippen molar-refractivity contribution >= 4 is 10.0 Å². The van der Waals surface area contributed by atoms with Crippen LogP contribution in [-0.2, 0) is 10.0 Å². The van der Waals surface area contributed by atoms with E-state index in [0.29, 0.717) is 18.9 Å². The lowest BCUT2D eigenvalue weighted by Crippen LogP contribution is -2.25. The topological polar surface area (TPSA) is 101 Å². The van der Waals surface area contributed by atoms with E-state index in [1.165, 1.54) is 6.20 Å². The molecule has 0 saturated heterocycles. The first-order valence-corrected chi connectivity index (χ1v) is 7.26. The van der Waals surface area contributed by atoms with Crippen molar-refractivity contribution < 1.29 is 8.42 Å². The van der Waals surface area contributed by atoms with Gasteiger partial charge >= 0.3 is 0 Å². The van der Waals surface area contributed by atoms with Gasteiger partial charge < -0.3 is 10.7 Å². The number of unbranched alkanes of at least 4 members (excludes halogenated alkanes) is 3. The van der Waals surface area contributed by atoms with Gasteiger partial charge in [-0.1, -0.05) is 12.8 Å². The second kappa shape index (κ2) is 6.73. The third-order valence-corrected chi connectivity index (χ3v) is 3.76. The molecule has 0 aromatic carbocycles. The van der Waals surface area contributed by atoms with Gasteiger partial charge in [0.1, 0.15) is 5.82 Å². The minimum Gasteiger partial charge on any atom is -0.332 e. The van der Waals surface area contributed by atoms with Gasteiger partial charge in [0.25, 0.3) is 10.0 Å². The van der Waals surface area contributed by atoms with E-state index < -0.39 is 10.0 Å². The Balaban J connectivity index is 2.31. The number of sulfonamides is 1. The molecule has 0 aliphatic heterocycles. The van der Waals surface area contributed by atoms with Crippen LogP contribution in [0.1, 0.15) is 31.5 Å². The summed E-state index contributed by atoms with van der Waals surface area (Å²) in [5.41, 5.74) is 5.37. The average molecular weight is 260 g/mol. The number of nitrogens with zero attached hydrogens (tertiary/aromatic N) is 1. The predicted octanol–water partition coefficient (Wildman–Crippen LogP) is 0.516. The highest BCUT2D eigenvalue weighted by atomic mass is 32.2. The number of aryl methyl sites for hydroxylation is 1. The molecule has 1 heterocycles. The van der Waals surface area contributed by atoms with Gasteiger partial charge in [0.05, 0.1) is 6.20 Å². The molecule has 0 saturated carbocycles. The Bertz CT molecular complexity index is 427. The summed E-state index contributed by atoms with van der Waals surface area (Å²) in [6.07, 6.45) is 5.17. The molecule has 1 aromatic rings. The maximum Gasteiger partial charge on any atom is 0.257 e. The molecule has 0 unspecified atom stereocenters. The van der Waals surface area contributed by atoms with Gasteiger partial charge in [-0.05, 0) is 26.3 Å². The van der Waals surface area contributed by atoms with E-state index >= 15 is 0 Å². The summed E-state index contributed by atoms with van der Waals surface area (Å²) < 4.78 is 26.0. The monoisotopic (exact) mass is 260 g/mol. The lowest BCUT2D eigenvalue weighted by atomic mass is 10.2. The first-order valence-electron chi connectivity index (χ1n) is 5.77. The summed E-state index contributed by atoms with van der Waals surface area (Å²) in [7, 11) is -3.42. The standard InChI is InChI=1S/C10H20N4O2S/c1-9-12-8-10(14-9)17(15,16)13-7-5-3-2-4-6-11/h8,13H,2-7,11H2,1H3,(H,12,14). The molecule has 0 radical (unpaired) electrons. The Kier molecular flexibility index (Phi) is 5.60. The molecule has 1 rings (SSSR count). The highest BCUT2D eigenvalue weighted by molar-refractivity contribution is 7.89. The van der Waals surface area contributed by atoms with Gasteiger partial charge in [0.2, 0.25) is 0 Å². The molecule has 0 aliphatic carbocycles. The molecule has 7 heteroatoms. The van der Waals surface area contributed by atoms with Crippen molar-refractivity contribution in [1.82, 2.24) is 14.7 Å². The molecule has 0 aliphatic rings. The van der Waals surface area contributed by atoms with Crippen molar-refractivity contribution in [1.29, 1.82) is 0 Å². The van der Waals surface area contributed by atoms with Crippen molar-refractivity contribution in [3.63, 3.8) is 0 Å². The number of H-pyrrole nitrogens is 1. The zero-order chi connectivity index (χ0) is 12.7. The summed E-state index contributed by atoms with van der Waals surface area (Å²) in [5.74, 6) is 0.591.